The van der Waals surface area contributed by atoms with E-state index in [2.05, 4.69) is 0 Å². The Balaban J connectivity index is 1.14. The van der Waals surface area contributed by atoms with Gasteiger partial charge in [-0.3, -0.25) is 9.59 Å². The third-order valence-corrected chi connectivity index (χ3v) is 6.01. The van der Waals surface area contributed by atoms with Crippen LogP contribution in [0.5, 0.6) is 23.0 Å². The highest BCUT2D eigenvalue weighted by Crippen LogP contribution is 2.23. The van der Waals surface area contributed by atoms with Gasteiger partial charge in [-0.1, -0.05) is 36.4 Å². The molecule has 0 aromatic heterocycles. The number of amides is 2. The van der Waals surface area contributed by atoms with Gasteiger partial charge in [-0.25, -0.2) is 0 Å². The smallest absolute Gasteiger partial charge is 0.253 e. The Hall–Kier alpha value is -4.58. The lowest BCUT2D eigenvalue weighted by Crippen LogP contribution is -2.50. The first-order valence-electron chi connectivity index (χ1n) is 11.9. The molecule has 1 aliphatic rings. The molecule has 0 spiro atoms. The molecule has 0 aliphatic carbocycles. The van der Waals surface area contributed by atoms with Crippen LogP contribution in [-0.2, 0) is 0 Å². The highest BCUT2D eigenvalue weighted by molar-refractivity contribution is 5.96. The van der Waals surface area contributed by atoms with Gasteiger partial charge in [-0.2, -0.15) is 0 Å². The molecule has 36 heavy (non-hydrogen) atoms. The van der Waals surface area contributed by atoms with E-state index in [-0.39, 0.29) is 11.8 Å². The maximum absolute atomic E-state index is 13.0. The lowest BCUT2D eigenvalue weighted by Gasteiger charge is -2.35. The van der Waals surface area contributed by atoms with Crippen molar-refractivity contribution >= 4 is 11.8 Å². The van der Waals surface area contributed by atoms with Gasteiger partial charge in [-0.15, -0.1) is 0 Å². The van der Waals surface area contributed by atoms with Gasteiger partial charge in [0.1, 0.15) is 23.0 Å². The summed E-state index contributed by atoms with van der Waals surface area (Å²) in [6.07, 6.45) is 0. The van der Waals surface area contributed by atoms with Crippen LogP contribution in [0.2, 0.25) is 0 Å². The van der Waals surface area contributed by atoms with Gasteiger partial charge in [0.05, 0.1) is 0 Å². The minimum Gasteiger partial charge on any atom is -0.457 e. The van der Waals surface area contributed by atoms with Gasteiger partial charge in [0.25, 0.3) is 11.8 Å². The van der Waals surface area contributed by atoms with Crippen molar-refractivity contribution in [2.45, 2.75) is 0 Å². The van der Waals surface area contributed by atoms with E-state index in [0.717, 1.165) is 11.5 Å². The predicted octanol–water partition coefficient (Wildman–Crippen LogP) is 5.87. The van der Waals surface area contributed by atoms with Crippen molar-refractivity contribution in [1.82, 2.24) is 9.80 Å². The molecule has 0 N–H and O–H groups in total. The summed E-state index contributed by atoms with van der Waals surface area (Å²) in [7, 11) is 0. The summed E-state index contributed by atoms with van der Waals surface area (Å²) in [5, 5.41) is 0. The zero-order chi connectivity index (χ0) is 24.7. The third kappa shape index (κ3) is 5.55. The van der Waals surface area contributed by atoms with Crippen molar-refractivity contribution < 1.29 is 19.1 Å². The molecule has 180 valence electrons. The largest absolute Gasteiger partial charge is 0.457 e. The lowest BCUT2D eigenvalue weighted by molar-refractivity contribution is 0.0535. The SMILES string of the molecule is O=C(c1ccc(Oc2ccccc2)cc1)N1CCN(C(=O)c2ccc(Oc3ccccc3)cc2)CC1. The van der Waals surface area contributed by atoms with E-state index in [0.29, 0.717) is 48.8 Å². The second kappa shape index (κ2) is 10.8. The Morgan fingerprint density at radius 1 is 0.444 bits per heavy atom. The molecule has 0 saturated carbocycles. The molecule has 6 heteroatoms. The molecule has 5 rings (SSSR count). The number of ether oxygens (including phenoxy) is 2. The second-order valence-corrected chi connectivity index (χ2v) is 8.46. The number of hydrogen-bond acceptors (Lipinski definition) is 4. The standard InChI is InChI=1S/C30H26N2O4/c33-29(23-11-15-27(16-12-23)35-25-7-3-1-4-8-25)31-19-21-32(22-20-31)30(34)24-13-17-28(18-14-24)36-26-9-5-2-6-10-26/h1-18H,19-22H2. The third-order valence-electron chi connectivity index (χ3n) is 6.01. The fourth-order valence-corrected chi connectivity index (χ4v) is 4.06. The number of carbonyl (C=O) groups excluding carboxylic acids is 2. The number of nitrogens with zero attached hydrogens (tertiary/aromatic N) is 2. The van der Waals surface area contributed by atoms with Crippen molar-refractivity contribution in [3.63, 3.8) is 0 Å². The fraction of sp³-hybridized carbons (Fsp3) is 0.133. The van der Waals surface area contributed by atoms with Gasteiger partial charge >= 0.3 is 0 Å². The number of hydrogen-bond donors (Lipinski definition) is 0. The number of benzene rings is 4. The monoisotopic (exact) mass is 478 g/mol. The van der Waals surface area contributed by atoms with E-state index in [9.17, 15) is 9.59 Å². The second-order valence-electron chi connectivity index (χ2n) is 8.46. The van der Waals surface area contributed by atoms with E-state index < -0.39 is 0 Å². The number of piperazine rings is 1. The highest BCUT2D eigenvalue weighted by Gasteiger charge is 2.25. The lowest BCUT2D eigenvalue weighted by atomic mass is 10.1. The summed E-state index contributed by atoms with van der Waals surface area (Å²) in [5.74, 6) is 2.75. The molecule has 4 aromatic rings. The molecule has 0 bridgehead atoms. The summed E-state index contributed by atoms with van der Waals surface area (Å²) < 4.78 is 11.6. The Labute approximate surface area is 210 Å². The molecule has 0 unspecified atom stereocenters. The average Bonchev–Trinajstić information content (AvgIpc) is 2.94. The van der Waals surface area contributed by atoms with E-state index in [1.54, 1.807) is 58.3 Å². The van der Waals surface area contributed by atoms with Crippen LogP contribution in [0.4, 0.5) is 0 Å². The van der Waals surface area contributed by atoms with Crippen molar-refractivity contribution in [2.24, 2.45) is 0 Å². The first-order chi connectivity index (χ1) is 17.7. The topological polar surface area (TPSA) is 59.1 Å². The average molecular weight is 479 g/mol. The van der Waals surface area contributed by atoms with Crippen LogP contribution >= 0.6 is 0 Å². The van der Waals surface area contributed by atoms with Gasteiger partial charge < -0.3 is 19.3 Å². The Bertz CT molecular complexity index is 1190. The number of rotatable bonds is 6. The van der Waals surface area contributed by atoms with Crippen LogP contribution in [0.25, 0.3) is 0 Å². The fourth-order valence-electron chi connectivity index (χ4n) is 4.06. The molecule has 2 amide bonds. The van der Waals surface area contributed by atoms with Gasteiger partial charge in [0.2, 0.25) is 0 Å². The van der Waals surface area contributed by atoms with E-state index in [1.165, 1.54) is 0 Å². The van der Waals surface area contributed by atoms with E-state index in [4.69, 9.17) is 9.47 Å². The highest BCUT2D eigenvalue weighted by atomic mass is 16.5. The van der Waals surface area contributed by atoms with Crippen LogP contribution in [0.3, 0.4) is 0 Å². The maximum atomic E-state index is 13.0. The zero-order valence-electron chi connectivity index (χ0n) is 19.7. The Kier molecular flexibility index (Phi) is 6.94. The van der Waals surface area contributed by atoms with E-state index >= 15 is 0 Å². The molecule has 0 radical (unpaired) electrons. The number of carbonyl (C=O) groups is 2. The van der Waals surface area contributed by atoms with Gasteiger partial charge in [-0.05, 0) is 72.8 Å². The zero-order valence-corrected chi connectivity index (χ0v) is 19.7. The van der Waals surface area contributed by atoms with Gasteiger partial charge in [0.15, 0.2) is 0 Å². The minimum atomic E-state index is -0.0456. The summed E-state index contributed by atoms with van der Waals surface area (Å²) in [4.78, 5) is 29.5. The summed E-state index contributed by atoms with van der Waals surface area (Å²) in [5.41, 5.74) is 1.20. The molecule has 1 saturated heterocycles. The van der Waals surface area contributed by atoms with Crippen molar-refractivity contribution in [2.75, 3.05) is 26.2 Å². The molecular formula is C30H26N2O4. The van der Waals surface area contributed by atoms with Crippen molar-refractivity contribution in [1.29, 1.82) is 0 Å². The Morgan fingerprint density at radius 3 is 1.08 bits per heavy atom. The van der Waals surface area contributed by atoms with Crippen LogP contribution in [-0.4, -0.2) is 47.8 Å². The van der Waals surface area contributed by atoms with Crippen LogP contribution in [0.1, 0.15) is 20.7 Å². The quantitative estimate of drug-likeness (QED) is 0.348. The molecule has 1 aliphatic heterocycles. The molecule has 0 atom stereocenters. The summed E-state index contributed by atoms with van der Waals surface area (Å²) >= 11 is 0. The first-order valence-corrected chi connectivity index (χ1v) is 11.9. The van der Waals surface area contributed by atoms with Gasteiger partial charge in [0, 0.05) is 37.3 Å². The normalized spacial score (nSPS) is 13.2. The first kappa shape index (κ1) is 23.2. The minimum absolute atomic E-state index is 0.0456. The van der Waals surface area contributed by atoms with E-state index in [1.807, 2.05) is 60.7 Å². The van der Waals surface area contributed by atoms with Crippen LogP contribution in [0.15, 0.2) is 109 Å². The predicted molar refractivity (Wildman–Crippen MR) is 138 cm³/mol. The molecule has 1 fully saturated rings. The summed E-state index contributed by atoms with van der Waals surface area (Å²) in [6, 6.07) is 33.3. The molecule has 4 aromatic carbocycles. The van der Waals surface area contributed by atoms with Crippen molar-refractivity contribution in [3.8, 4) is 23.0 Å². The summed E-state index contributed by atoms with van der Waals surface area (Å²) in [6.45, 7) is 1.95. The van der Waals surface area contributed by atoms with Crippen molar-refractivity contribution in [3.05, 3.63) is 120 Å². The number of para-hydroxylation sites is 2. The molecule has 6 nitrogen and oxygen atoms in total. The van der Waals surface area contributed by atoms with Crippen LogP contribution in [0, 0.1) is 0 Å². The maximum Gasteiger partial charge on any atom is 0.253 e. The molecular weight excluding hydrogens is 452 g/mol. The van der Waals surface area contributed by atoms with Crippen LogP contribution < -0.4 is 9.47 Å². The Morgan fingerprint density at radius 2 is 0.750 bits per heavy atom. The molecule has 1 heterocycles.